The third-order valence-electron chi connectivity index (χ3n) is 1.44. The zero-order chi connectivity index (χ0) is 19.9. The molecule has 0 aliphatic rings. The third kappa shape index (κ3) is 12.2. The van der Waals surface area contributed by atoms with Gasteiger partial charge in [-0.15, -0.1) is 10.7 Å². The van der Waals surface area contributed by atoms with Crippen LogP contribution in [0.2, 0.25) is 0 Å². The van der Waals surface area contributed by atoms with Gasteiger partial charge in [0.1, 0.15) is 0 Å². The molecule has 0 unspecified atom stereocenters. The maximum atomic E-state index is 11.0. The second-order valence-electron chi connectivity index (χ2n) is 3.73. The molecule has 0 atom stereocenters. The summed E-state index contributed by atoms with van der Waals surface area (Å²) in [6, 6.07) is 0. The Hall–Kier alpha value is -4.36. The van der Waals surface area contributed by atoms with Crippen LogP contribution >= 0.6 is 0 Å². The van der Waals surface area contributed by atoms with Crippen molar-refractivity contribution in [3.8, 4) is 6.26 Å². The van der Waals surface area contributed by atoms with Gasteiger partial charge >= 0.3 is 36.7 Å². The molecule has 17 nitrogen and oxygen atoms in total. The quantitative estimate of drug-likeness (QED) is 0.223. The number of nitriles is 1. The van der Waals surface area contributed by atoms with Crippen molar-refractivity contribution in [3.63, 3.8) is 0 Å². The van der Waals surface area contributed by atoms with Crippen LogP contribution in [0.25, 0.3) is 0 Å². The van der Waals surface area contributed by atoms with Gasteiger partial charge in [-0.1, -0.05) is 0 Å². The predicted octanol–water partition coefficient (Wildman–Crippen LogP) is -0.902. The Balaban J connectivity index is 3.83. The summed E-state index contributed by atoms with van der Waals surface area (Å²) in [7, 11) is 0. The molecule has 0 aromatic heterocycles. The number of hydrogen-bond acceptors (Lipinski definition) is 12. The Morgan fingerprint density at radius 3 is 1.50 bits per heavy atom. The van der Waals surface area contributed by atoms with Gasteiger partial charge in [0.2, 0.25) is 0 Å². The fraction of sp³-hybridized carbons (Fsp3) is 0.333. The average Bonchev–Trinajstić information content (AvgIpc) is 2.58. The van der Waals surface area contributed by atoms with Crippen molar-refractivity contribution in [1.29, 1.82) is 5.26 Å². The molecule has 0 aromatic rings. The van der Waals surface area contributed by atoms with Gasteiger partial charge in [-0.3, -0.25) is 4.84 Å². The van der Waals surface area contributed by atoms with Gasteiger partial charge < -0.3 is 4.74 Å². The van der Waals surface area contributed by atoms with Crippen LogP contribution in [0.1, 0.15) is 13.8 Å². The van der Waals surface area contributed by atoms with E-state index >= 15 is 0 Å². The Morgan fingerprint density at radius 1 is 0.731 bits per heavy atom. The molecule has 0 aromatic carbocycles. The highest BCUT2D eigenvalue weighted by Gasteiger charge is 2.14. The molecule has 0 saturated heterocycles. The van der Waals surface area contributed by atoms with Crippen molar-refractivity contribution in [3.05, 3.63) is 0 Å². The Kier molecular flexibility index (Phi) is 10.1. The van der Waals surface area contributed by atoms with E-state index in [0.29, 0.717) is 0 Å². The lowest BCUT2D eigenvalue weighted by atomic mass is 10.5. The van der Waals surface area contributed by atoms with E-state index in [1.807, 2.05) is 0 Å². The van der Waals surface area contributed by atoms with Crippen LogP contribution in [0.4, 0.5) is 24.0 Å². The molecule has 0 heterocycles. The van der Waals surface area contributed by atoms with E-state index < -0.39 is 36.6 Å². The molecule has 26 heavy (non-hydrogen) atoms. The van der Waals surface area contributed by atoms with Gasteiger partial charge in [-0.25, -0.2) is 65.2 Å². The number of hydrogen-bond donors (Lipinski definition) is 5. The van der Waals surface area contributed by atoms with Gasteiger partial charge in [0.15, 0.2) is 0 Å². The number of ether oxygens (including phenoxy) is 1. The van der Waals surface area contributed by atoms with E-state index in [1.165, 1.54) is 16.3 Å². The summed E-state index contributed by atoms with van der Waals surface area (Å²) in [4.78, 5) is 73.6. The van der Waals surface area contributed by atoms with Crippen LogP contribution in [-0.4, -0.2) is 36.6 Å². The molecule has 0 bridgehead atoms. The normalized spacial score (nSPS) is 8.69. The zero-order valence-electron chi connectivity index (χ0n) is 13.0. The number of nitrogens with one attached hydrogen (secondary N) is 5. The predicted molar refractivity (Wildman–Crippen MR) is 69.9 cm³/mol. The summed E-state index contributed by atoms with van der Waals surface area (Å²) in [5.74, 6) is 0. The highest BCUT2D eigenvalue weighted by atomic mass is 17.2. The highest BCUT2D eigenvalue weighted by Crippen LogP contribution is 1.87. The van der Waals surface area contributed by atoms with Crippen LogP contribution < -0.4 is 27.2 Å². The summed E-state index contributed by atoms with van der Waals surface area (Å²) >= 11 is 0. The standard InChI is InChI=1S/C9H12N6O11/c1-4(2)22-5(16)11-12-6(17)23-24-7(18)13-14-8(19)25-26-9(20)15-21-3-10/h4H,1-2H3,(H,11,16)(H,12,17)(H,13,18)(H,14,19)(H,15,20). The first-order valence-corrected chi connectivity index (χ1v) is 6.15. The van der Waals surface area contributed by atoms with Crippen LogP contribution in [0, 0.1) is 11.5 Å². The number of amides is 5. The van der Waals surface area contributed by atoms with Gasteiger partial charge in [0, 0.05) is 0 Å². The van der Waals surface area contributed by atoms with E-state index in [2.05, 4.69) is 29.1 Å². The second-order valence-corrected chi connectivity index (χ2v) is 3.73. The lowest BCUT2D eigenvalue weighted by Crippen LogP contribution is -2.45. The molecular formula is C9H12N6O11. The summed E-state index contributed by atoms with van der Waals surface area (Å²) in [5, 5.41) is 7.93. The zero-order valence-corrected chi connectivity index (χ0v) is 13.0. The molecule has 0 aliphatic heterocycles. The Bertz CT molecular complexity index is 573. The number of hydroxylamine groups is 1. The number of carbonyl (C=O) groups excluding carboxylic acids is 5. The van der Waals surface area contributed by atoms with E-state index in [9.17, 15) is 24.0 Å². The monoisotopic (exact) mass is 380 g/mol. The van der Waals surface area contributed by atoms with Crippen LogP contribution in [0.15, 0.2) is 0 Å². The van der Waals surface area contributed by atoms with E-state index in [0.717, 1.165) is 6.26 Å². The summed E-state index contributed by atoms with van der Waals surface area (Å²) < 4.78 is 4.59. The van der Waals surface area contributed by atoms with Crippen molar-refractivity contribution in [2.24, 2.45) is 0 Å². The van der Waals surface area contributed by atoms with E-state index in [1.54, 1.807) is 24.7 Å². The minimum Gasteiger partial charge on any atom is -0.446 e. The third-order valence-corrected chi connectivity index (χ3v) is 1.44. The van der Waals surface area contributed by atoms with Crippen LogP contribution in [-0.2, 0) is 29.1 Å². The molecule has 0 spiro atoms. The average molecular weight is 380 g/mol. The lowest BCUT2D eigenvalue weighted by molar-refractivity contribution is -0.189. The van der Waals surface area contributed by atoms with Gasteiger partial charge in [-0.2, -0.15) is 0 Å². The van der Waals surface area contributed by atoms with Crippen molar-refractivity contribution >= 4 is 30.5 Å². The topological polar surface area (TPSA) is 225 Å². The minimum atomic E-state index is -1.52. The maximum absolute atomic E-state index is 11.0. The molecule has 0 aliphatic carbocycles. The Morgan fingerprint density at radius 2 is 1.12 bits per heavy atom. The van der Waals surface area contributed by atoms with Crippen molar-refractivity contribution in [1.82, 2.24) is 27.2 Å². The van der Waals surface area contributed by atoms with Crippen molar-refractivity contribution in [2.75, 3.05) is 0 Å². The Labute approximate surface area is 143 Å². The number of carbonyl (C=O) groups is 5. The first-order chi connectivity index (χ1) is 12.2. The number of hydrazine groups is 2. The lowest BCUT2D eigenvalue weighted by Gasteiger charge is -2.10. The highest BCUT2D eigenvalue weighted by molar-refractivity contribution is 5.76. The minimum absolute atomic E-state index is 0.449. The SMILES string of the molecule is CC(C)OC(=O)NNC(=O)OOC(=O)NNC(=O)OOC(=O)NOC#N. The smallest absolute Gasteiger partial charge is 0.446 e. The molecule has 144 valence electrons. The summed E-state index contributed by atoms with van der Waals surface area (Å²) in [6.45, 7) is 3.11. The van der Waals surface area contributed by atoms with Crippen molar-refractivity contribution in [2.45, 2.75) is 20.0 Å². The molecule has 0 radical (unpaired) electrons. The fourth-order valence-electron chi connectivity index (χ4n) is 0.743. The number of nitrogens with zero attached hydrogens (tertiary/aromatic N) is 1. The fourth-order valence-corrected chi connectivity index (χ4v) is 0.743. The molecule has 5 N–H and O–H groups in total. The molecular weight excluding hydrogens is 368 g/mol. The molecule has 5 amide bonds. The molecule has 0 rings (SSSR count). The first kappa shape index (κ1) is 21.6. The first-order valence-electron chi connectivity index (χ1n) is 6.15. The molecule has 0 fully saturated rings. The van der Waals surface area contributed by atoms with Gasteiger partial charge in [0.25, 0.3) is 0 Å². The van der Waals surface area contributed by atoms with Crippen LogP contribution in [0.3, 0.4) is 0 Å². The molecule has 17 heteroatoms. The van der Waals surface area contributed by atoms with Gasteiger partial charge in [-0.05, 0) is 13.8 Å². The van der Waals surface area contributed by atoms with E-state index in [4.69, 9.17) is 5.26 Å². The van der Waals surface area contributed by atoms with Crippen LogP contribution in [0.5, 0.6) is 0 Å². The second kappa shape index (κ2) is 12.1. The summed E-state index contributed by atoms with van der Waals surface area (Å²) in [5.41, 5.74) is 7.78. The number of rotatable bonds is 2. The largest absolute Gasteiger partial charge is 0.483 e. The summed E-state index contributed by atoms with van der Waals surface area (Å²) in [6.07, 6.45) is -6.31. The van der Waals surface area contributed by atoms with Crippen molar-refractivity contribution < 1.29 is 53.1 Å². The van der Waals surface area contributed by atoms with E-state index in [-0.39, 0.29) is 0 Å². The van der Waals surface area contributed by atoms with Gasteiger partial charge in [0.05, 0.1) is 6.10 Å². The molecule has 0 saturated carbocycles. The maximum Gasteiger partial charge on any atom is 0.483 e.